The maximum absolute atomic E-state index is 13.3. The third-order valence-electron chi connectivity index (χ3n) is 6.15. The van der Waals surface area contributed by atoms with E-state index in [-0.39, 0.29) is 11.3 Å². The first-order chi connectivity index (χ1) is 14.0. The molecule has 4 rings (SSSR count). The van der Waals surface area contributed by atoms with Crippen LogP contribution in [0.2, 0.25) is 0 Å². The highest BCUT2D eigenvalue weighted by molar-refractivity contribution is 5.95. The van der Waals surface area contributed by atoms with E-state index in [1.807, 2.05) is 41.3 Å². The van der Waals surface area contributed by atoms with E-state index in [0.717, 1.165) is 76.2 Å². The number of ether oxygens (including phenoxy) is 1. The zero-order chi connectivity index (χ0) is 20.3. The number of nitrogens with zero attached hydrogens (tertiary/aromatic N) is 4. The minimum Gasteiger partial charge on any atom is -0.379 e. The number of hydrogen-bond donors (Lipinski definition) is 0. The van der Waals surface area contributed by atoms with Crippen LogP contribution in [0.3, 0.4) is 0 Å². The second-order valence-corrected chi connectivity index (χ2v) is 8.85. The summed E-state index contributed by atoms with van der Waals surface area (Å²) in [4.78, 5) is 24.6. The van der Waals surface area contributed by atoms with E-state index in [2.05, 4.69) is 28.9 Å². The van der Waals surface area contributed by atoms with Crippen molar-refractivity contribution in [2.24, 2.45) is 5.41 Å². The molecule has 1 unspecified atom stereocenters. The van der Waals surface area contributed by atoms with E-state index < -0.39 is 0 Å². The van der Waals surface area contributed by atoms with E-state index in [9.17, 15) is 4.79 Å². The van der Waals surface area contributed by atoms with Crippen LogP contribution in [0.1, 0.15) is 23.3 Å². The molecule has 0 saturated carbocycles. The summed E-state index contributed by atoms with van der Waals surface area (Å²) in [6, 6.07) is 11.8. The Balaban J connectivity index is 1.49. The topological polar surface area (TPSA) is 48.9 Å². The number of likely N-dealkylation sites (N-methyl/N-ethyl adjacent to an activating group) is 1. The Morgan fingerprint density at radius 3 is 2.90 bits per heavy atom. The van der Waals surface area contributed by atoms with Crippen LogP contribution in [0.4, 0.5) is 0 Å². The molecule has 0 aliphatic carbocycles. The van der Waals surface area contributed by atoms with Gasteiger partial charge in [-0.15, -0.1) is 0 Å². The van der Waals surface area contributed by atoms with Gasteiger partial charge in [0.05, 0.1) is 18.7 Å². The standard InChI is InChI=1S/C23H32N4O2/c1-25(2)12-13-26-14-15-29-18-23(16-26)10-5-11-27(17-23)22(28)21-9-8-19-6-3-4-7-20(19)24-21/h3-4,6-9H,5,10-18H2,1-2H3. The van der Waals surface area contributed by atoms with Gasteiger partial charge in [0.2, 0.25) is 0 Å². The molecule has 0 bridgehead atoms. The highest BCUT2D eigenvalue weighted by Crippen LogP contribution is 2.33. The van der Waals surface area contributed by atoms with E-state index in [1.165, 1.54) is 0 Å². The Bertz CT molecular complexity index is 856. The average molecular weight is 397 g/mol. The summed E-state index contributed by atoms with van der Waals surface area (Å²) < 4.78 is 6.01. The number of para-hydroxylation sites is 1. The number of piperidine rings is 1. The fourth-order valence-electron chi connectivity index (χ4n) is 4.59. The summed E-state index contributed by atoms with van der Waals surface area (Å²) in [5, 5.41) is 1.06. The number of carbonyl (C=O) groups excluding carboxylic acids is 1. The highest BCUT2D eigenvalue weighted by atomic mass is 16.5. The molecule has 2 fully saturated rings. The summed E-state index contributed by atoms with van der Waals surface area (Å²) in [6.45, 7) is 7.10. The van der Waals surface area contributed by atoms with Gasteiger partial charge < -0.3 is 14.5 Å². The third kappa shape index (κ3) is 4.77. The molecule has 2 aromatic rings. The van der Waals surface area contributed by atoms with Gasteiger partial charge in [0, 0.05) is 50.1 Å². The minimum atomic E-state index is 0.0214. The Labute approximate surface area is 173 Å². The van der Waals surface area contributed by atoms with Crippen molar-refractivity contribution in [2.45, 2.75) is 12.8 Å². The number of aromatic nitrogens is 1. The number of benzene rings is 1. The first kappa shape index (κ1) is 20.3. The predicted molar refractivity (Wildman–Crippen MR) is 115 cm³/mol. The highest BCUT2D eigenvalue weighted by Gasteiger charge is 2.40. The maximum atomic E-state index is 13.3. The molecule has 29 heavy (non-hydrogen) atoms. The SMILES string of the molecule is CN(C)CCN1CCOCC2(CCCN(C(=O)c3ccc4ccccc4n3)C2)C1. The van der Waals surface area contributed by atoms with Gasteiger partial charge in [0.1, 0.15) is 5.69 Å². The Morgan fingerprint density at radius 1 is 1.17 bits per heavy atom. The lowest BCUT2D eigenvalue weighted by Gasteiger charge is -2.43. The molecule has 0 N–H and O–H groups in total. The number of likely N-dealkylation sites (tertiary alicyclic amines) is 1. The van der Waals surface area contributed by atoms with Gasteiger partial charge in [-0.1, -0.05) is 24.3 Å². The Morgan fingerprint density at radius 2 is 2.03 bits per heavy atom. The molecule has 2 aliphatic heterocycles. The fourth-order valence-corrected chi connectivity index (χ4v) is 4.59. The molecule has 1 atom stereocenters. The summed E-state index contributed by atoms with van der Waals surface area (Å²) in [7, 11) is 4.23. The van der Waals surface area contributed by atoms with Crippen molar-refractivity contribution in [3.05, 3.63) is 42.1 Å². The Kier molecular flexibility index (Phi) is 6.13. The number of carbonyl (C=O) groups is 1. The van der Waals surface area contributed by atoms with Crippen molar-refractivity contribution in [1.82, 2.24) is 19.7 Å². The molecule has 2 aliphatic rings. The molecule has 2 saturated heterocycles. The van der Waals surface area contributed by atoms with Crippen molar-refractivity contribution in [1.29, 1.82) is 0 Å². The monoisotopic (exact) mass is 396 g/mol. The summed E-state index contributed by atoms with van der Waals surface area (Å²) in [5.41, 5.74) is 1.44. The molecule has 3 heterocycles. The third-order valence-corrected chi connectivity index (χ3v) is 6.15. The van der Waals surface area contributed by atoms with Gasteiger partial charge in [-0.05, 0) is 39.1 Å². The molecule has 6 nitrogen and oxygen atoms in total. The fraction of sp³-hybridized carbons (Fsp3) is 0.565. The van der Waals surface area contributed by atoms with E-state index >= 15 is 0 Å². The van der Waals surface area contributed by atoms with E-state index in [0.29, 0.717) is 5.69 Å². The smallest absolute Gasteiger partial charge is 0.272 e. The van der Waals surface area contributed by atoms with Crippen LogP contribution in [-0.2, 0) is 4.74 Å². The van der Waals surface area contributed by atoms with Crippen molar-refractivity contribution >= 4 is 16.8 Å². The van der Waals surface area contributed by atoms with Crippen LogP contribution in [0.5, 0.6) is 0 Å². The van der Waals surface area contributed by atoms with Crippen LogP contribution >= 0.6 is 0 Å². The number of hydrogen-bond acceptors (Lipinski definition) is 5. The van der Waals surface area contributed by atoms with Gasteiger partial charge in [0.15, 0.2) is 0 Å². The second kappa shape index (κ2) is 8.78. The van der Waals surface area contributed by atoms with Crippen molar-refractivity contribution in [3.8, 4) is 0 Å². The van der Waals surface area contributed by atoms with Crippen LogP contribution in [0.25, 0.3) is 10.9 Å². The number of pyridine rings is 1. The molecule has 1 amide bonds. The maximum Gasteiger partial charge on any atom is 0.272 e. The average Bonchev–Trinajstić information content (AvgIpc) is 2.93. The second-order valence-electron chi connectivity index (χ2n) is 8.85. The molecule has 1 aromatic heterocycles. The number of amides is 1. The van der Waals surface area contributed by atoms with Crippen LogP contribution in [0, 0.1) is 5.41 Å². The molecule has 1 spiro atoms. The zero-order valence-electron chi connectivity index (χ0n) is 17.6. The number of fused-ring (bicyclic) bond motifs is 1. The first-order valence-electron chi connectivity index (χ1n) is 10.6. The van der Waals surface area contributed by atoms with Crippen molar-refractivity contribution in [2.75, 3.05) is 66.6 Å². The van der Waals surface area contributed by atoms with Crippen LogP contribution < -0.4 is 0 Å². The van der Waals surface area contributed by atoms with E-state index in [1.54, 1.807) is 0 Å². The largest absolute Gasteiger partial charge is 0.379 e. The lowest BCUT2D eigenvalue weighted by atomic mass is 9.80. The lowest BCUT2D eigenvalue weighted by molar-refractivity contribution is 0.00695. The van der Waals surface area contributed by atoms with E-state index in [4.69, 9.17) is 4.74 Å². The first-order valence-corrected chi connectivity index (χ1v) is 10.6. The van der Waals surface area contributed by atoms with Crippen LogP contribution in [0.15, 0.2) is 36.4 Å². The zero-order valence-corrected chi connectivity index (χ0v) is 17.6. The lowest BCUT2D eigenvalue weighted by Crippen LogP contribution is -2.52. The molecular weight excluding hydrogens is 364 g/mol. The molecule has 0 radical (unpaired) electrons. The van der Waals surface area contributed by atoms with Gasteiger partial charge in [0.25, 0.3) is 5.91 Å². The van der Waals surface area contributed by atoms with Gasteiger partial charge in [-0.25, -0.2) is 4.98 Å². The number of rotatable bonds is 4. The quantitative estimate of drug-likeness (QED) is 0.794. The Hall–Kier alpha value is -2.02. The van der Waals surface area contributed by atoms with Crippen molar-refractivity contribution < 1.29 is 9.53 Å². The molecular formula is C23H32N4O2. The van der Waals surface area contributed by atoms with Gasteiger partial charge >= 0.3 is 0 Å². The van der Waals surface area contributed by atoms with Crippen molar-refractivity contribution in [3.63, 3.8) is 0 Å². The normalized spacial score (nSPS) is 23.6. The molecule has 6 heteroatoms. The van der Waals surface area contributed by atoms with Gasteiger partial charge in [-0.3, -0.25) is 9.69 Å². The summed E-state index contributed by atoms with van der Waals surface area (Å²) >= 11 is 0. The molecule has 1 aromatic carbocycles. The summed E-state index contributed by atoms with van der Waals surface area (Å²) in [5.74, 6) is 0.0407. The van der Waals surface area contributed by atoms with Gasteiger partial charge in [-0.2, -0.15) is 0 Å². The predicted octanol–water partition coefficient (Wildman–Crippen LogP) is 2.35. The molecule has 156 valence electrons. The van der Waals surface area contributed by atoms with Crippen LogP contribution in [-0.4, -0.2) is 92.2 Å². The minimum absolute atomic E-state index is 0.0214. The summed E-state index contributed by atoms with van der Waals surface area (Å²) in [6.07, 6.45) is 2.13.